The quantitative estimate of drug-likeness (QED) is 0.224. The second-order valence-electron chi connectivity index (χ2n) is 9.50. The molecular formula is C30H34N4O3S. The Bertz CT molecular complexity index is 1370. The molecule has 0 spiro atoms. The number of anilines is 1. The third kappa shape index (κ3) is 5.86. The van der Waals surface area contributed by atoms with E-state index in [1.807, 2.05) is 53.1 Å². The molecule has 4 rings (SSSR count). The molecule has 4 aromatic rings. The summed E-state index contributed by atoms with van der Waals surface area (Å²) in [5.74, 6) is 2.57. The van der Waals surface area contributed by atoms with Crippen LogP contribution in [0.3, 0.4) is 0 Å². The number of aromatic nitrogens is 3. The number of carbonyl (C=O) groups is 1. The molecule has 38 heavy (non-hydrogen) atoms. The molecule has 1 N–H and O–H groups in total. The van der Waals surface area contributed by atoms with E-state index in [0.717, 1.165) is 28.1 Å². The standard InChI is InChI=1S/C30H34N4O3S/c1-19(2)23-13-10-14-24(20(3)4)28(23)31-27(35)18-38-30-33-32-29(21-11-8-7-9-12-21)34(30)22-15-16-25(36-5)26(17-22)37-6/h7-17,19-20H,18H2,1-6H3,(H,31,35). The summed E-state index contributed by atoms with van der Waals surface area (Å²) < 4.78 is 12.9. The maximum atomic E-state index is 13.2. The molecule has 8 heteroatoms. The number of nitrogens with one attached hydrogen (secondary N) is 1. The fourth-order valence-electron chi connectivity index (χ4n) is 4.34. The van der Waals surface area contributed by atoms with Crippen LogP contribution in [0.4, 0.5) is 5.69 Å². The van der Waals surface area contributed by atoms with Crippen molar-refractivity contribution in [3.8, 4) is 28.6 Å². The van der Waals surface area contributed by atoms with Crippen molar-refractivity contribution in [1.29, 1.82) is 0 Å². The summed E-state index contributed by atoms with van der Waals surface area (Å²) in [6, 6.07) is 21.7. The topological polar surface area (TPSA) is 78.3 Å². The van der Waals surface area contributed by atoms with Crippen LogP contribution in [0, 0.1) is 0 Å². The molecule has 1 heterocycles. The zero-order valence-corrected chi connectivity index (χ0v) is 23.5. The van der Waals surface area contributed by atoms with Crippen molar-refractivity contribution in [1.82, 2.24) is 14.8 Å². The van der Waals surface area contributed by atoms with Gasteiger partial charge in [0.2, 0.25) is 5.91 Å². The Morgan fingerprint density at radius 2 is 1.53 bits per heavy atom. The third-order valence-electron chi connectivity index (χ3n) is 6.26. The van der Waals surface area contributed by atoms with Crippen molar-refractivity contribution in [3.05, 3.63) is 77.9 Å². The zero-order chi connectivity index (χ0) is 27.2. The van der Waals surface area contributed by atoms with Crippen molar-refractivity contribution >= 4 is 23.4 Å². The molecule has 0 saturated heterocycles. The van der Waals surface area contributed by atoms with E-state index in [2.05, 4.69) is 61.4 Å². The van der Waals surface area contributed by atoms with E-state index in [1.165, 1.54) is 11.8 Å². The molecule has 0 aliphatic carbocycles. The van der Waals surface area contributed by atoms with Crippen molar-refractivity contribution in [2.24, 2.45) is 0 Å². The number of amides is 1. The van der Waals surface area contributed by atoms with Gasteiger partial charge >= 0.3 is 0 Å². The molecule has 0 aliphatic rings. The van der Waals surface area contributed by atoms with Gasteiger partial charge in [0.25, 0.3) is 0 Å². The lowest BCUT2D eigenvalue weighted by atomic mass is 9.92. The minimum Gasteiger partial charge on any atom is -0.493 e. The first-order chi connectivity index (χ1) is 18.3. The van der Waals surface area contributed by atoms with E-state index in [9.17, 15) is 4.79 Å². The number of methoxy groups -OCH3 is 2. The van der Waals surface area contributed by atoms with Crippen LogP contribution in [0.1, 0.15) is 50.7 Å². The highest BCUT2D eigenvalue weighted by Gasteiger charge is 2.20. The number of para-hydroxylation sites is 1. The van der Waals surface area contributed by atoms with Gasteiger partial charge in [-0.25, -0.2) is 0 Å². The molecule has 0 saturated carbocycles. The van der Waals surface area contributed by atoms with E-state index in [-0.39, 0.29) is 11.7 Å². The van der Waals surface area contributed by atoms with Gasteiger partial charge in [-0.2, -0.15) is 0 Å². The molecule has 0 bridgehead atoms. The number of benzene rings is 3. The number of ether oxygens (including phenoxy) is 2. The lowest BCUT2D eigenvalue weighted by Crippen LogP contribution is -2.18. The number of carbonyl (C=O) groups excluding carboxylic acids is 1. The molecule has 198 valence electrons. The summed E-state index contributed by atoms with van der Waals surface area (Å²) in [5, 5.41) is 12.7. The lowest BCUT2D eigenvalue weighted by Gasteiger charge is -2.20. The second kappa shape index (κ2) is 12.2. The van der Waals surface area contributed by atoms with Crippen LogP contribution >= 0.6 is 11.8 Å². The number of hydrogen-bond donors (Lipinski definition) is 1. The monoisotopic (exact) mass is 530 g/mol. The SMILES string of the molecule is COc1ccc(-n2c(SCC(=O)Nc3c(C(C)C)cccc3C(C)C)nnc2-c2ccccc2)cc1OC. The van der Waals surface area contributed by atoms with Gasteiger partial charge in [-0.05, 0) is 35.1 Å². The first kappa shape index (κ1) is 27.3. The number of nitrogens with zero attached hydrogens (tertiary/aromatic N) is 3. The Morgan fingerprint density at radius 1 is 0.868 bits per heavy atom. The summed E-state index contributed by atoms with van der Waals surface area (Å²) in [5.41, 5.74) is 4.90. The summed E-state index contributed by atoms with van der Waals surface area (Å²) in [6.07, 6.45) is 0. The van der Waals surface area contributed by atoms with Gasteiger partial charge < -0.3 is 14.8 Å². The molecule has 0 radical (unpaired) electrons. The number of rotatable bonds is 10. The van der Waals surface area contributed by atoms with Crippen LogP contribution in [-0.2, 0) is 4.79 Å². The van der Waals surface area contributed by atoms with Crippen molar-refractivity contribution in [3.63, 3.8) is 0 Å². The molecule has 1 aromatic heterocycles. The Hall–Kier alpha value is -3.78. The van der Waals surface area contributed by atoms with Crippen LogP contribution < -0.4 is 14.8 Å². The number of hydrogen-bond acceptors (Lipinski definition) is 6. The highest BCUT2D eigenvalue weighted by atomic mass is 32.2. The van der Waals surface area contributed by atoms with Crippen molar-refractivity contribution < 1.29 is 14.3 Å². The predicted octanol–water partition coefficient (Wildman–Crippen LogP) is 6.93. The Morgan fingerprint density at radius 3 is 2.13 bits per heavy atom. The molecule has 0 aliphatic heterocycles. The summed E-state index contributed by atoms with van der Waals surface area (Å²) >= 11 is 1.34. The summed E-state index contributed by atoms with van der Waals surface area (Å²) in [7, 11) is 3.21. The molecule has 0 atom stereocenters. The normalized spacial score (nSPS) is 11.2. The van der Waals surface area contributed by atoms with Gasteiger partial charge in [-0.15, -0.1) is 10.2 Å². The molecular weight excluding hydrogens is 496 g/mol. The Labute approximate surface area is 228 Å². The molecule has 0 unspecified atom stereocenters. The summed E-state index contributed by atoms with van der Waals surface area (Å²) in [6.45, 7) is 8.56. The van der Waals surface area contributed by atoms with Gasteiger partial charge in [0, 0.05) is 17.3 Å². The Kier molecular flexibility index (Phi) is 8.73. The van der Waals surface area contributed by atoms with Crippen molar-refractivity contribution in [2.45, 2.75) is 44.7 Å². The first-order valence-corrected chi connectivity index (χ1v) is 13.6. The van der Waals surface area contributed by atoms with E-state index < -0.39 is 0 Å². The van der Waals surface area contributed by atoms with Gasteiger partial charge in [0.15, 0.2) is 22.5 Å². The van der Waals surface area contributed by atoms with Crippen LogP contribution in [0.5, 0.6) is 11.5 Å². The van der Waals surface area contributed by atoms with E-state index >= 15 is 0 Å². The average molecular weight is 531 g/mol. The fourth-order valence-corrected chi connectivity index (χ4v) is 5.09. The summed E-state index contributed by atoms with van der Waals surface area (Å²) in [4.78, 5) is 13.2. The van der Waals surface area contributed by atoms with Crippen LogP contribution in [-0.4, -0.2) is 40.6 Å². The van der Waals surface area contributed by atoms with E-state index in [1.54, 1.807) is 14.2 Å². The van der Waals surface area contributed by atoms with Gasteiger partial charge in [-0.1, -0.05) is 88.0 Å². The molecule has 0 fully saturated rings. The minimum atomic E-state index is -0.0897. The van der Waals surface area contributed by atoms with Crippen LogP contribution in [0.15, 0.2) is 71.9 Å². The third-order valence-corrected chi connectivity index (χ3v) is 7.19. The highest BCUT2D eigenvalue weighted by Crippen LogP contribution is 2.35. The Balaban J connectivity index is 1.66. The average Bonchev–Trinajstić information content (AvgIpc) is 3.35. The van der Waals surface area contributed by atoms with Crippen LogP contribution in [0.25, 0.3) is 17.1 Å². The van der Waals surface area contributed by atoms with Crippen LogP contribution in [0.2, 0.25) is 0 Å². The van der Waals surface area contributed by atoms with Gasteiger partial charge in [0.1, 0.15) is 0 Å². The molecule has 3 aromatic carbocycles. The lowest BCUT2D eigenvalue weighted by molar-refractivity contribution is -0.113. The fraction of sp³-hybridized carbons (Fsp3) is 0.300. The van der Waals surface area contributed by atoms with Gasteiger partial charge in [-0.3, -0.25) is 9.36 Å². The van der Waals surface area contributed by atoms with E-state index in [4.69, 9.17) is 9.47 Å². The zero-order valence-electron chi connectivity index (χ0n) is 22.7. The largest absolute Gasteiger partial charge is 0.493 e. The minimum absolute atomic E-state index is 0.0897. The van der Waals surface area contributed by atoms with E-state index in [0.29, 0.717) is 34.3 Å². The van der Waals surface area contributed by atoms with Crippen molar-refractivity contribution in [2.75, 3.05) is 25.3 Å². The molecule has 1 amide bonds. The first-order valence-electron chi connectivity index (χ1n) is 12.6. The number of thioether (sulfide) groups is 1. The van der Waals surface area contributed by atoms with Gasteiger partial charge in [0.05, 0.1) is 25.7 Å². The molecule has 7 nitrogen and oxygen atoms in total. The predicted molar refractivity (Wildman–Crippen MR) is 154 cm³/mol. The smallest absolute Gasteiger partial charge is 0.234 e. The highest BCUT2D eigenvalue weighted by molar-refractivity contribution is 7.99. The maximum Gasteiger partial charge on any atom is 0.234 e. The maximum absolute atomic E-state index is 13.2. The second-order valence-corrected chi connectivity index (χ2v) is 10.4.